The molecule has 0 bridgehead atoms. The van der Waals surface area contributed by atoms with E-state index < -0.39 is 0 Å². The van der Waals surface area contributed by atoms with E-state index in [-0.39, 0.29) is 5.91 Å². The third-order valence-electron chi connectivity index (χ3n) is 1.25. The number of carbonyl (C=O) groups excluding carboxylic acids is 1. The number of amides is 1. The van der Waals surface area contributed by atoms with Crippen LogP contribution in [-0.2, 0) is 4.79 Å². The van der Waals surface area contributed by atoms with Crippen LogP contribution in [0.25, 0.3) is 0 Å². The second-order valence-electron chi connectivity index (χ2n) is 2.32. The van der Waals surface area contributed by atoms with Gasteiger partial charge in [0.15, 0.2) is 0 Å². The molecule has 0 aromatic heterocycles. The predicted octanol–water partition coefficient (Wildman–Crippen LogP) is 1.09. The first-order chi connectivity index (χ1) is 5.59. The summed E-state index contributed by atoms with van der Waals surface area (Å²) in [6.45, 7) is 1.48. The molecule has 2 nitrogen and oxygen atoms in total. The molecule has 4 heteroatoms. The van der Waals surface area contributed by atoms with E-state index in [2.05, 4.69) is 5.32 Å². The van der Waals surface area contributed by atoms with Crippen molar-refractivity contribution >= 4 is 49.1 Å². The van der Waals surface area contributed by atoms with E-state index in [9.17, 15) is 4.79 Å². The van der Waals surface area contributed by atoms with E-state index in [1.807, 2.05) is 28.4 Å². The van der Waals surface area contributed by atoms with Crippen molar-refractivity contribution in [1.29, 1.82) is 0 Å². The second kappa shape index (κ2) is 4.13. The van der Waals surface area contributed by atoms with E-state index in [4.69, 9.17) is 11.6 Å². The van der Waals surface area contributed by atoms with Crippen LogP contribution in [0.3, 0.4) is 0 Å². The first kappa shape index (κ1) is 9.85. The molecule has 1 aromatic rings. The Labute approximate surface area is 89.2 Å². The molecule has 0 heterocycles. The molecular formula is C8H7ClNOTe. The zero-order valence-corrected chi connectivity index (χ0v) is 9.51. The molecule has 0 saturated carbocycles. The Morgan fingerprint density at radius 1 is 1.58 bits per heavy atom. The fraction of sp³-hybridized carbons (Fsp3) is 0.125. The summed E-state index contributed by atoms with van der Waals surface area (Å²) in [6.07, 6.45) is 0. The summed E-state index contributed by atoms with van der Waals surface area (Å²) in [5.41, 5.74) is 0.816. The van der Waals surface area contributed by atoms with Gasteiger partial charge in [0.25, 0.3) is 0 Å². The Balaban J connectivity index is 2.93. The molecule has 0 unspecified atom stereocenters. The molecule has 0 aliphatic rings. The number of nitrogens with one attached hydrogen (secondary N) is 1. The normalized spacial score (nSPS) is 9.50. The monoisotopic (exact) mass is 298 g/mol. The van der Waals surface area contributed by atoms with Gasteiger partial charge in [0.1, 0.15) is 0 Å². The molecule has 0 aliphatic carbocycles. The van der Waals surface area contributed by atoms with Crippen LogP contribution in [-0.4, -0.2) is 28.2 Å². The first-order valence-electron chi connectivity index (χ1n) is 3.34. The van der Waals surface area contributed by atoms with Gasteiger partial charge in [-0.15, -0.1) is 0 Å². The molecular weight excluding hydrogens is 289 g/mol. The minimum atomic E-state index is -0.0675. The van der Waals surface area contributed by atoms with Gasteiger partial charge in [0, 0.05) is 0 Å². The summed E-state index contributed by atoms with van der Waals surface area (Å²) in [7, 11) is 0. The van der Waals surface area contributed by atoms with E-state index in [0.717, 1.165) is 9.30 Å². The van der Waals surface area contributed by atoms with Crippen LogP contribution in [0.1, 0.15) is 6.92 Å². The van der Waals surface area contributed by atoms with Gasteiger partial charge in [-0.2, -0.15) is 0 Å². The van der Waals surface area contributed by atoms with Crippen LogP contribution >= 0.6 is 11.6 Å². The number of carbonyl (C=O) groups is 1. The van der Waals surface area contributed by atoms with Crippen LogP contribution in [0.2, 0.25) is 5.02 Å². The van der Waals surface area contributed by atoms with Crippen molar-refractivity contribution in [2.45, 2.75) is 6.92 Å². The summed E-state index contributed by atoms with van der Waals surface area (Å²) in [6, 6.07) is 5.36. The van der Waals surface area contributed by atoms with Crippen molar-refractivity contribution < 1.29 is 4.79 Å². The van der Waals surface area contributed by atoms with Gasteiger partial charge in [-0.25, -0.2) is 0 Å². The topological polar surface area (TPSA) is 29.1 Å². The molecule has 0 spiro atoms. The SMILES string of the molecule is CC(=O)Nc1ccc(Cl)cc1[Te]. The number of hydrogen-bond acceptors (Lipinski definition) is 1. The van der Waals surface area contributed by atoms with Crippen molar-refractivity contribution in [2.75, 3.05) is 5.32 Å². The Kier molecular flexibility index (Phi) is 3.39. The summed E-state index contributed by atoms with van der Waals surface area (Å²) in [4.78, 5) is 10.7. The summed E-state index contributed by atoms with van der Waals surface area (Å²) in [5.74, 6) is -0.0675. The molecule has 1 amide bonds. The van der Waals surface area contributed by atoms with Crippen molar-refractivity contribution in [3.05, 3.63) is 23.2 Å². The zero-order chi connectivity index (χ0) is 9.14. The Bertz CT molecular complexity index is 314. The molecule has 0 fully saturated rings. The third kappa shape index (κ3) is 2.67. The van der Waals surface area contributed by atoms with Gasteiger partial charge < -0.3 is 0 Å². The maximum atomic E-state index is 10.7. The Hall–Kier alpha value is -0.230. The molecule has 0 saturated heterocycles. The van der Waals surface area contributed by atoms with E-state index in [1.165, 1.54) is 6.92 Å². The molecule has 1 N–H and O–H groups in total. The molecule has 1 aromatic carbocycles. The molecule has 0 aliphatic heterocycles. The van der Waals surface area contributed by atoms with Crippen LogP contribution < -0.4 is 8.93 Å². The van der Waals surface area contributed by atoms with E-state index in [1.54, 1.807) is 12.1 Å². The predicted molar refractivity (Wildman–Crippen MR) is 51.1 cm³/mol. The van der Waals surface area contributed by atoms with Crippen LogP contribution in [0.4, 0.5) is 5.69 Å². The summed E-state index contributed by atoms with van der Waals surface area (Å²) in [5, 5.41) is 3.39. The molecule has 0 atom stereocenters. The third-order valence-corrected chi connectivity index (χ3v) is 2.45. The zero-order valence-electron chi connectivity index (χ0n) is 6.43. The van der Waals surface area contributed by atoms with Crippen LogP contribution in [0, 0.1) is 0 Å². The molecule has 1 rings (SSSR count). The van der Waals surface area contributed by atoms with Gasteiger partial charge >= 0.3 is 89.4 Å². The second-order valence-corrected chi connectivity index (χ2v) is 4.01. The van der Waals surface area contributed by atoms with Crippen LogP contribution in [0.15, 0.2) is 18.2 Å². The fourth-order valence-electron chi connectivity index (χ4n) is 0.789. The number of benzene rings is 1. The van der Waals surface area contributed by atoms with Crippen molar-refractivity contribution in [2.24, 2.45) is 0 Å². The summed E-state index contributed by atoms with van der Waals surface area (Å²) >= 11 is 7.57. The van der Waals surface area contributed by atoms with Gasteiger partial charge in [0.2, 0.25) is 0 Å². The standard InChI is InChI=1S/C8H7ClNOTe/c1-5(11)10-7-3-2-6(9)4-8(7)12/h2-4H,1H3,(H,10,11). The van der Waals surface area contributed by atoms with E-state index >= 15 is 0 Å². The minimum absolute atomic E-state index is 0.0675. The van der Waals surface area contributed by atoms with Gasteiger partial charge in [-0.1, -0.05) is 0 Å². The number of anilines is 1. The van der Waals surface area contributed by atoms with Gasteiger partial charge in [-0.05, 0) is 0 Å². The van der Waals surface area contributed by atoms with Gasteiger partial charge in [-0.3, -0.25) is 0 Å². The van der Waals surface area contributed by atoms with Crippen molar-refractivity contribution in [3.8, 4) is 0 Å². The Morgan fingerprint density at radius 3 is 2.75 bits per heavy atom. The van der Waals surface area contributed by atoms with Crippen molar-refractivity contribution in [1.82, 2.24) is 0 Å². The molecule has 12 heavy (non-hydrogen) atoms. The van der Waals surface area contributed by atoms with Crippen LogP contribution in [0.5, 0.6) is 0 Å². The first-order valence-corrected chi connectivity index (χ1v) is 4.88. The molecule has 1 radical (unpaired) electrons. The molecule has 63 valence electrons. The number of halogens is 1. The fourth-order valence-corrected chi connectivity index (χ4v) is 1.87. The quantitative estimate of drug-likeness (QED) is 0.772. The van der Waals surface area contributed by atoms with Crippen molar-refractivity contribution in [3.63, 3.8) is 0 Å². The average molecular weight is 296 g/mol. The summed E-state index contributed by atoms with van der Waals surface area (Å²) < 4.78 is 0.980. The number of hydrogen-bond donors (Lipinski definition) is 1. The average Bonchev–Trinajstić information content (AvgIpc) is 1.94. The Morgan fingerprint density at radius 2 is 2.25 bits per heavy atom. The number of rotatable bonds is 1. The van der Waals surface area contributed by atoms with Gasteiger partial charge in [0.05, 0.1) is 0 Å². The van der Waals surface area contributed by atoms with E-state index in [0.29, 0.717) is 5.02 Å². The maximum absolute atomic E-state index is 10.7.